The van der Waals surface area contributed by atoms with E-state index in [4.69, 9.17) is 16.3 Å². The van der Waals surface area contributed by atoms with Crippen molar-refractivity contribution < 1.29 is 14.3 Å². The second kappa shape index (κ2) is 14.3. The molecule has 1 aliphatic rings. The number of hydrogen-bond donors (Lipinski definition) is 2. The molecule has 1 heterocycles. The van der Waals surface area contributed by atoms with Gasteiger partial charge in [0.15, 0.2) is 5.96 Å². The fourth-order valence-corrected chi connectivity index (χ4v) is 3.30. The Balaban J connectivity index is 0.00000480. The zero-order valence-electron chi connectivity index (χ0n) is 18.4. The van der Waals surface area contributed by atoms with Crippen LogP contribution in [0.4, 0.5) is 4.79 Å². The Kier molecular flexibility index (Phi) is 12.6. The zero-order valence-corrected chi connectivity index (χ0v) is 21.5. The first kappa shape index (κ1) is 27.3. The maximum Gasteiger partial charge on any atom is 0.409 e. The van der Waals surface area contributed by atoms with E-state index in [-0.39, 0.29) is 48.6 Å². The van der Waals surface area contributed by atoms with Crippen molar-refractivity contribution >= 4 is 53.5 Å². The smallest absolute Gasteiger partial charge is 0.409 e. The van der Waals surface area contributed by atoms with Crippen LogP contribution in [0.25, 0.3) is 0 Å². The van der Waals surface area contributed by atoms with Gasteiger partial charge in [-0.1, -0.05) is 29.8 Å². The Hall–Kier alpha value is -1.75. The SMILES string of the molecule is CCOC(=O)N1CCC(NC(=NCC(=O)N(C)C)NCCc2ccccc2Cl)CC1.I. The van der Waals surface area contributed by atoms with E-state index in [0.717, 1.165) is 29.8 Å². The van der Waals surface area contributed by atoms with Gasteiger partial charge in [0.05, 0.1) is 6.61 Å². The number of halogens is 2. The van der Waals surface area contributed by atoms with E-state index in [1.165, 1.54) is 4.90 Å². The predicted molar refractivity (Wildman–Crippen MR) is 134 cm³/mol. The lowest BCUT2D eigenvalue weighted by molar-refractivity contribution is -0.127. The van der Waals surface area contributed by atoms with Gasteiger partial charge in [0, 0.05) is 44.8 Å². The van der Waals surface area contributed by atoms with Gasteiger partial charge in [-0.25, -0.2) is 9.79 Å². The van der Waals surface area contributed by atoms with Crippen molar-refractivity contribution in [1.29, 1.82) is 0 Å². The lowest BCUT2D eigenvalue weighted by Crippen LogP contribution is -2.50. The summed E-state index contributed by atoms with van der Waals surface area (Å²) in [5.41, 5.74) is 1.05. The van der Waals surface area contributed by atoms with E-state index in [1.807, 2.05) is 24.3 Å². The van der Waals surface area contributed by atoms with Crippen LogP contribution in [0.1, 0.15) is 25.3 Å². The number of rotatable bonds is 7. The van der Waals surface area contributed by atoms with Crippen molar-refractivity contribution in [2.24, 2.45) is 4.99 Å². The van der Waals surface area contributed by atoms with E-state index in [9.17, 15) is 9.59 Å². The topological polar surface area (TPSA) is 86.3 Å². The molecule has 8 nitrogen and oxygen atoms in total. The summed E-state index contributed by atoms with van der Waals surface area (Å²) in [7, 11) is 3.42. The third-order valence-electron chi connectivity index (χ3n) is 4.88. The number of amides is 2. The first-order valence-corrected chi connectivity index (χ1v) is 10.7. The average Bonchev–Trinajstić information content (AvgIpc) is 2.73. The number of aliphatic imine (C=N–C) groups is 1. The number of nitrogens with one attached hydrogen (secondary N) is 2. The van der Waals surface area contributed by atoms with Crippen LogP contribution in [0.5, 0.6) is 0 Å². The summed E-state index contributed by atoms with van der Waals surface area (Å²) in [5.74, 6) is 0.520. The van der Waals surface area contributed by atoms with Gasteiger partial charge in [-0.3, -0.25) is 4.79 Å². The highest BCUT2D eigenvalue weighted by Crippen LogP contribution is 2.15. The molecule has 31 heavy (non-hydrogen) atoms. The lowest BCUT2D eigenvalue weighted by Gasteiger charge is -2.32. The Labute approximate surface area is 206 Å². The van der Waals surface area contributed by atoms with E-state index < -0.39 is 0 Å². The van der Waals surface area contributed by atoms with Crippen LogP contribution in [0.2, 0.25) is 5.02 Å². The Morgan fingerprint density at radius 3 is 2.55 bits per heavy atom. The van der Waals surface area contributed by atoms with Crippen molar-refractivity contribution in [2.75, 3.05) is 46.9 Å². The summed E-state index contributed by atoms with van der Waals surface area (Å²) in [6.45, 7) is 4.13. The van der Waals surface area contributed by atoms with Crippen molar-refractivity contribution in [2.45, 2.75) is 32.2 Å². The van der Waals surface area contributed by atoms with E-state index in [1.54, 1.807) is 25.9 Å². The molecule has 2 amide bonds. The monoisotopic (exact) mass is 565 g/mol. The molecule has 0 spiro atoms. The molecule has 2 N–H and O–H groups in total. The number of carbonyl (C=O) groups is 2. The number of guanidine groups is 1. The number of hydrogen-bond acceptors (Lipinski definition) is 4. The highest BCUT2D eigenvalue weighted by Gasteiger charge is 2.24. The molecular formula is C21H33ClIN5O3. The highest BCUT2D eigenvalue weighted by atomic mass is 127. The second-order valence-corrected chi connectivity index (χ2v) is 7.73. The highest BCUT2D eigenvalue weighted by molar-refractivity contribution is 14.0. The number of carbonyl (C=O) groups excluding carboxylic acids is 2. The molecule has 0 bridgehead atoms. The summed E-state index contributed by atoms with van der Waals surface area (Å²) in [6.07, 6.45) is 2.04. The van der Waals surface area contributed by atoms with Crippen molar-refractivity contribution in [3.8, 4) is 0 Å². The van der Waals surface area contributed by atoms with Crippen LogP contribution in [0.3, 0.4) is 0 Å². The van der Waals surface area contributed by atoms with Crippen LogP contribution < -0.4 is 10.6 Å². The quantitative estimate of drug-likeness (QED) is 0.302. The fraction of sp³-hybridized carbons (Fsp3) is 0.571. The first-order valence-electron chi connectivity index (χ1n) is 10.3. The molecule has 10 heteroatoms. The number of likely N-dealkylation sites (N-methyl/N-ethyl adjacent to an activating group) is 1. The van der Waals surface area contributed by atoms with Crippen LogP contribution in [-0.2, 0) is 16.0 Å². The maximum absolute atomic E-state index is 11.9. The molecule has 0 aliphatic carbocycles. The second-order valence-electron chi connectivity index (χ2n) is 7.33. The van der Waals surface area contributed by atoms with Gasteiger partial charge < -0.3 is 25.2 Å². The Morgan fingerprint density at radius 1 is 1.26 bits per heavy atom. The standard InChI is InChI=1S/C21H32ClN5O3.HI/c1-4-30-21(29)27-13-10-17(11-14-27)25-20(24-15-19(28)26(2)3)23-12-9-16-7-5-6-8-18(16)22;/h5-8,17H,4,9-15H2,1-3H3,(H2,23,24,25);1H. The number of piperidine rings is 1. The molecule has 174 valence electrons. The van der Waals surface area contributed by atoms with Crippen LogP contribution in [-0.4, -0.2) is 80.7 Å². The van der Waals surface area contributed by atoms with Gasteiger partial charge in [-0.05, 0) is 37.8 Å². The maximum atomic E-state index is 11.9. The van der Waals surface area contributed by atoms with Gasteiger partial charge in [-0.15, -0.1) is 24.0 Å². The van der Waals surface area contributed by atoms with Gasteiger partial charge in [0.2, 0.25) is 5.91 Å². The van der Waals surface area contributed by atoms with Crippen molar-refractivity contribution in [1.82, 2.24) is 20.4 Å². The van der Waals surface area contributed by atoms with Crippen LogP contribution in [0, 0.1) is 0 Å². The molecular weight excluding hydrogens is 533 g/mol. The average molecular weight is 566 g/mol. The Bertz CT molecular complexity index is 739. The largest absolute Gasteiger partial charge is 0.450 e. The number of ether oxygens (including phenoxy) is 1. The lowest BCUT2D eigenvalue weighted by atomic mass is 10.1. The van der Waals surface area contributed by atoms with Gasteiger partial charge in [0.25, 0.3) is 0 Å². The molecule has 0 atom stereocenters. The van der Waals surface area contributed by atoms with Crippen molar-refractivity contribution in [3.05, 3.63) is 34.9 Å². The molecule has 0 aromatic heterocycles. The molecule has 1 aromatic rings. The van der Waals surface area contributed by atoms with Gasteiger partial charge >= 0.3 is 6.09 Å². The van der Waals surface area contributed by atoms with Crippen LogP contribution in [0.15, 0.2) is 29.3 Å². The normalized spacial score (nSPS) is 14.5. The summed E-state index contributed by atoms with van der Waals surface area (Å²) in [5, 5.41) is 7.43. The first-order chi connectivity index (χ1) is 14.4. The number of benzene rings is 1. The third kappa shape index (κ3) is 9.51. The molecule has 1 aromatic carbocycles. The third-order valence-corrected chi connectivity index (χ3v) is 5.25. The van der Waals surface area contributed by atoms with E-state index in [2.05, 4.69) is 15.6 Å². The van der Waals surface area contributed by atoms with Crippen LogP contribution >= 0.6 is 35.6 Å². The predicted octanol–water partition coefficient (Wildman–Crippen LogP) is 2.74. The minimum atomic E-state index is -0.265. The fourth-order valence-electron chi connectivity index (χ4n) is 3.07. The van der Waals surface area contributed by atoms with Gasteiger partial charge in [0.1, 0.15) is 6.54 Å². The van der Waals surface area contributed by atoms with E-state index >= 15 is 0 Å². The van der Waals surface area contributed by atoms with Gasteiger partial charge in [-0.2, -0.15) is 0 Å². The van der Waals surface area contributed by atoms with E-state index in [0.29, 0.717) is 32.2 Å². The molecule has 0 unspecified atom stereocenters. The molecule has 0 saturated carbocycles. The van der Waals surface area contributed by atoms with Crippen molar-refractivity contribution in [3.63, 3.8) is 0 Å². The zero-order chi connectivity index (χ0) is 21.9. The number of likely N-dealkylation sites (tertiary alicyclic amines) is 1. The minimum absolute atomic E-state index is 0. The molecule has 1 fully saturated rings. The summed E-state index contributed by atoms with van der Waals surface area (Å²) in [6, 6.07) is 7.90. The summed E-state index contributed by atoms with van der Waals surface area (Å²) < 4.78 is 5.07. The minimum Gasteiger partial charge on any atom is -0.450 e. The molecule has 0 radical (unpaired) electrons. The molecule has 1 saturated heterocycles. The number of nitrogens with zero attached hydrogens (tertiary/aromatic N) is 3. The molecule has 2 rings (SSSR count). The summed E-state index contributed by atoms with van der Waals surface area (Å²) in [4.78, 5) is 31.5. The Morgan fingerprint density at radius 2 is 1.94 bits per heavy atom. The molecule has 1 aliphatic heterocycles. The summed E-state index contributed by atoms with van der Waals surface area (Å²) >= 11 is 6.23.